The van der Waals surface area contributed by atoms with Gasteiger partial charge in [0.05, 0.1) is 6.42 Å². The van der Waals surface area contributed by atoms with Gasteiger partial charge >= 0.3 is 5.97 Å². The fraction of sp³-hybridized carbons (Fsp3) is 0.846. The predicted molar refractivity (Wildman–Crippen MR) is 65.4 cm³/mol. The molecule has 1 N–H and O–H groups in total. The minimum atomic E-state index is -0.475. The van der Waals surface area contributed by atoms with E-state index in [0.717, 1.165) is 12.5 Å². The van der Waals surface area contributed by atoms with Gasteiger partial charge in [0.25, 0.3) is 0 Å². The molecule has 0 aromatic carbocycles. The first kappa shape index (κ1) is 14.0. The Morgan fingerprint density at radius 1 is 1.29 bits per heavy atom. The summed E-state index contributed by atoms with van der Waals surface area (Å²) in [5.41, 5.74) is -0.475. The lowest BCUT2D eigenvalue weighted by atomic mass is 10.2. The van der Waals surface area contributed by atoms with E-state index in [2.05, 4.69) is 12.2 Å². The predicted octanol–water partition coefficient (Wildman–Crippen LogP) is 1.88. The van der Waals surface area contributed by atoms with Crippen molar-refractivity contribution >= 4 is 11.9 Å². The Balaban J connectivity index is 2.08. The van der Waals surface area contributed by atoms with Crippen LogP contribution in [0.3, 0.4) is 0 Å². The molecule has 0 aromatic heterocycles. The lowest BCUT2D eigenvalue weighted by Crippen LogP contribution is -2.28. The summed E-state index contributed by atoms with van der Waals surface area (Å²) in [5, 5.41) is 2.85. The van der Waals surface area contributed by atoms with E-state index in [0.29, 0.717) is 5.92 Å². The van der Waals surface area contributed by atoms with Crippen LogP contribution in [0.4, 0.5) is 0 Å². The lowest BCUT2D eigenvalue weighted by molar-refractivity contribution is -0.155. The standard InChI is InChI=1S/C13H23NO3/c1-9-7-10(9)8-14-11(15)5-6-12(16)17-13(2,3)4/h9-10H,5-8H2,1-4H3,(H,14,15). The van der Waals surface area contributed by atoms with Crippen molar-refractivity contribution in [1.82, 2.24) is 5.32 Å². The smallest absolute Gasteiger partial charge is 0.306 e. The Kier molecular flexibility index (Phi) is 4.54. The molecule has 2 atom stereocenters. The van der Waals surface area contributed by atoms with Crippen LogP contribution < -0.4 is 5.32 Å². The largest absolute Gasteiger partial charge is 0.460 e. The number of hydrogen-bond acceptors (Lipinski definition) is 3. The second-order valence-electron chi connectivity index (χ2n) is 5.86. The van der Waals surface area contributed by atoms with Crippen molar-refractivity contribution in [3.8, 4) is 0 Å². The SMILES string of the molecule is CC1CC1CNC(=O)CCC(=O)OC(C)(C)C. The van der Waals surface area contributed by atoms with Crippen LogP contribution in [0.25, 0.3) is 0 Å². The number of carbonyl (C=O) groups is 2. The van der Waals surface area contributed by atoms with Crippen molar-refractivity contribution in [3.05, 3.63) is 0 Å². The van der Waals surface area contributed by atoms with E-state index in [-0.39, 0.29) is 24.7 Å². The third-order valence-corrected chi connectivity index (χ3v) is 2.81. The first-order chi connectivity index (χ1) is 7.78. The van der Waals surface area contributed by atoms with E-state index < -0.39 is 5.60 Å². The summed E-state index contributed by atoms with van der Waals surface area (Å²) in [6.07, 6.45) is 1.58. The van der Waals surface area contributed by atoms with Crippen molar-refractivity contribution in [1.29, 1.82) is 0 Å². The van der Waals surface area contributed by atoms with E-state index >= 15 is 0 Å². The Hall–Kier alpha value is -1.06. The van der Waals surface area contributed by atoms with Gasteiger partial charge in [-0.05, 0) is 39.0 Å². The highest BCUT2D eigenvalue weighted by atomic mass is 16.6. The summed E-state index contributed by atoms with van der Waals surface area (Å²) in [6.45, 7) is 8.38. The topological polar surface area (TPSA) is 55.4 Å². The molecule has 2 unspecified atom stereocenters. The maximum Gasteiger partial charge on any atom is 0.306 e. The van der Waals surface area contributed by atoms with Crippen LogP contribution in [-0.2, 0) is 14.3 Å². The Morgan fingerprint density at radius 2 is 1.88 bits per heavy atom. The van der Waals surface area contributed by atoms with Gasteiger partial charge in [0.1, 0.15) is 5.60 Å². The Labute approximate surface area is 103 Å². The second-order valence-corrected chi connectivity index (χ2v) is 5.86. The molecule has 0 saturated heterocycles. The highest BCUT2D eigenvalue weighted by molar-refractivity contribution is 5.81. The molecule has 0 aliphatic heterocycles. The molecule has 1 fully saturated rings. The van der Waals surface area contributed by atoms with Gasteiger partial charge in [0.2, 0.25) is 5.91 Å². The number of esters is 1. The first-order valence-electron chi connectivity index (χ1n) is 6.26. The average Bonchev–Trinajstić information content (AvgIpc) is 2.86. The quantitative estimate of drug-likeness (QED) is 0.748. The van der Waals surface area contributed by atoms with Crippen LogP contribution in [0, 0.1) is 11.8 Å². The summed E-state index contributed by atoms with van der Waals surface area (Å²) in [5.74, 6) is 1.00. The van der Waals surface area contributed by atoms with Gasteiger partial charge in [-0.1, -0.05) is 6.92 Å². The molecule has 1 amide bonds. The van der Waals surface area contributed by atoms with Gasteiger partial charge in [-0.2, -0.15) is 0 Å². The minimum absolute atomic E-state index is 0.0602. The molecule has 1 aliphatic carbocycles. The monoisotopic (exact) mass is 241 g/mol. The summed E-state index contributed by atoms with van der Waals surface area (Å²) in [7, 11) is 0. The normalized spacial score (nSPS) is 23.1. The molecule has 0 aromatic rings. The fourth-order valence-corrected chi connectivity index (χ4v) is 1.62. The lowest BCUT2D eigenvalue weighted by Gasteiger charge is -2.19. The molecule has 0 heterocycles. The molecule has 0 bridgehead atoms. The molecular weight excluding hydrogens is 218 g/mol. The van der Waals surface area contributed by atoms with E-state index in [1.807, 2.05) is 20.8 Å². The molecule has 4 nitrogen and oxygen atoms in total. The summed E-state index contributed by atoms with van der Waals surface area (Å²) < 4.78 is 5.12. The van der Waals surface area contributed by atoms with Gasteiger partial charge in [0.15, 0.2) is 0 Å². The molecular formula is C13H23NO3. The number of nitrogens with one attached hydrogen (secondary N) is 1. The number of amides is 1. The molecule has 1 aliphatic rings. The highest BCUT2D eigenvalue weighted by Crippen LogP contribution is 2.36. The van der Waals surface area contributed by atoms with Gasteiger partial charge in [0, 0.05) is 13.0 Å². The van der Waals surface area contributed by atoms with Crippen molar-refractivity contribution < 1.29 is 14.3 Å². The van der Waals surface area contributed by atoms with E-state index in [1.165, 1.54) is 6.42 Å². The average molecular weight is 241 g/mol. The minimum Gasteiger partial charge on any atom is -0.460 e. The van der Waals surface area contributed by atoms with E-state index in [9.17, 15) is 9.59 Å². The van der Waals surface area contributed by atoms with Crippen LogP contribution in [0.2, 0.25) is 0 Å². The van der Waals surface area contributed by atoms with Crippen LogP contribution >= 0.6 is 0 Å². The van der Waals surface area contributed by atoms with Gasteiger partial charge < -0.3 is 10.1 Å². The molecule has 4 heteroatoms. The third-order valence-electron chi connectivity index (χ3n) is 2.81. The van der Waals surface area contributed by atoms with Crippen LogP contribution in [0.15, 0.2) is 0 Å². The van der Waals surface area contributed by atoms with Crippen molar-refractivity contribution in [2.24, 2.45) is 11.8 Å². The zero-order valence-corrected chi connectivity index (χ0v) is 11.2. The van der Waals surface area contributed by atoms with Gasteiger partial charge in [-0.25, -0.2) is 0 Å². The van der Waals surface area contributed by atoms with Crippen LogP contribution in [0.5, 0.6) is 0 Å². The molecule has 0 radical (unpaired) electrons. The molecule has 0 spiro atoms. The van der Waals surface area contributed by atoms with Crippen LogP contribution in [0.1, 0.15) is 47.0 Å². The van der Waals surface area contributed by atoms with Crippen molar-refractivity contribution in [2.45, 2.75) is 52.6 Å². The molecule has 1 saturated carbocycles. The van der Waals surface area contributed by atoms with Crippen LogP contribution in [-0.4, -0.2) is 24.0 Å². The number of carbonyl (C=O) groups excluding carboxylic acids is 2. The fourth-order valence-electron chi connectivity index (χ4n) is 1.62. The second kappa shape index (κ2) is 5.52. The van der Waals surface area contributed by atoms with Crippen molar-refractivity contribution in [3.63, 3.8) is 0 Å². The number of ether oxygens (including phenoxy) is 1. The van der Waals surface area contributed by atoms with Gasteiger partial charge in [-0.15, -0.1) is 0 Å². The molecule has 1 rings (SSSR count). The summed E-state index contributed by atoms with van der Waals surface area (Å²) >= 11 is 0. The van der Waals surface area contributed by atoms with Gasteiger partial charge in [-0.3, -0.25) is 9.59 Å². The summed E-state index contributed by atoms with van der Waals surface area (Å²) in [4.78, 5) is 22.8. The Morgan fingerprint density at radius 3 is 2.35 bits per heavy atom. The maximum absolute atomic E-state index is 11.4. The van der Waals surface area contributed by atoms with E-state index in [1.54, 1.807) is 0 Å². The zero-order chi connectivity index (χ0) is 13.1. The van der Waals surface area contributed by atoms with E-state index in [4.69, 9.17) is 4.74 Å². The zero-order valence-electron chi connectivity index (χ0n) is 11.2. The molecule has 98 valence electrons. The number of hydrogen-bond donors (Lipinski definition) is 1. The summed E-state index contributed by atoms with van der Waals surface area (Å²) in [6, 6.07) is 0. The number of rotatable bonds is 5. The third kappa shape index (κ3) is 6.29. The Bertz CT molecular complexity index is 294. The molecule has 17 heavy (non-hydrogen) atoms. The highest BCUT2D eigenvalue weighted by Gasteiger charge is 2.32. The first-order valence-corrected chi connectivity index (χ1v) is 6.26. The maximum atomic E-state index is 11.4. The van der Waals surface area contributed by atoms with Crippen molar-refractivity contribution in [2.75, 3.05) is 6.54 Å².